The predicted molar refractivity (Wildman–Crippen MR) is 53.4 cm³/mol. The standard InChI is InChI=1S/C10H8ClF5O2/c11-5-6-3-7(12)9(8(13)4-6)17-1-2-18-10(14,15)16/h3-4H,1-2,5H2. The highest BCUT2D eigenvalue weighted by Crippen LogP contribution is 2.24. The van der Waals surface area contributed by atoms with Crippen LogP contribution >= 0.6 is 11.6 Å². The second kappa shape index (κ2) is 6.19. The zero-order valence-electron chi connectivity index (χ0n) is 8.86. The van der Waals surface area contributed by atoms with Gasteiger partial charge in [0, 0.05) is 5.88 Å². The summed E-state index contributed by atoms with van der Waals surface area (Å²) >= 11 is 5.38. The van der Waals surface area contributed by atoms with Crippen LogP contribution < -0.4 is 4.74 Å². The molecule has 0 aliphatic rings. The van der Waals surface area contributed by atoms with Crippen molar-refractivity contribution in [2.24, 2.45) is 0 Å². The molecule has 8 heteroatoms. The molecule has 0 aliphatic heterocycles. The number of alkyl halides is 4. The molecule has 1 aromatic rings. The van der Waals surface area contributed by atoms with Gasteiger partial charge in [-0.1, -0.05) is 0 Å². The van der Waals surface area contributed by atoms with Crippen molar-refractivity contribution in [1.29, 1.82) is 0 Å². The molecule has 0 saturated heterocycles. The number of benzene rings is 1. The minimum atomic E-state index is -4.80. The van der Waals surface area contributed by atoms with Gasteiger partial charge < -0.3 is 4.74 Å². The summed E-state index contributed by atoms with van der Waals surface area (Å²) in [6.45, 7) is -1.49. The Labute approximate surface area is 104 Å². The fraction of sp³-hybridized carbons (Fsp3) is 0.400. The van der Waals surface area contributed by atoms with Crippen LogP contribution in [0.1, 0.15) is 5.56 Å². The van der Waals surface area contributed by atoms with E-state index < -0.39 is 37.0 Å². The van der Waals surface area contributed by atoms with Crippen LogP contribution in [-0.4, -0.2) is 19.6 Å². The summed E-state index contributed by atoms with van der Waals surface area (Å²) in [6, 6.07) is 1.88. The van der Waals surface area contributed by atoms with E-state index in [1.54, 1.807) is 0 Å². The van der Waals surface area contributed by atoms with Crippen LogP contribution in [0.4, 0.5) is 22.0 Å². The summed E-state index contributed by atoms with van der Waals surface area (Å²) < 4.78 is 69.3. The Morgan fingerprint density at radius 1 is 1.06 bits per heavy atom. The van der Waals surface area contributed by atoms with E-state index in [4.69, 9.17) is 11.6 Å². The zero-order valence-corrected chi connectivity index (χ0v) is 9.62. The summed E-state index contributed by atoms with van der Waals surface area (Å²) in [5.74, 6) is -2.91. The van der Waals surface area contributed by atoms with Crippen LogP contribution in [0.25, 0.3) is 0 Å². The second-order valence-electron chi connectivity index (χ2n) is 3.16. The highest BCUT2D eigenvalue weighted by Gasteiger charge is 2.28. The molecule has 0 bridgehead atoms. The Morgan fingerprint density at radius 2 is 1.61 bits per heavy atom. The van der Waals surface area contributed by atoms with Gasteiger partial charge in [0.05, 0.1) is 6.61 Å². The number of hydrogen-bond donors (Lipinski definition) is 0. The van der Waals surface area contributed by atoms with Gasteiger partial charge in [0.1, 0.15) is 6.61 Å². The molecule has 1 rings (SSSR count). The number of hydrogen-bond acceptors (Lipinski definition) is 2. The van der Waals surface area contributed by atoms with Gasteiger partial charge in [-0.2, -0.15) is 0 Å². The topological polar surface area (TPSA) is 18.5 Å². The molecule has 0 aromatic heterocycles. The molecular weight excluding hydrogens is 283 g/mol. The molecule has 0 aliphatic carbocycles. The third kappa shape index (κ3) is 4.66. The van der Waals surface area contributed by atoms with Crippen molar-refractivity contribution in [3.63, 3.8) is 0 Å². The van der Waals surface area contributed by atoms with E-state index in [0.717, 1.165) is 12.1 Å². The molecule has 0 saturated carbocycles. The van der Waals surface area contributed by atoms with E-state index in [-0.39, 0.29) is 11.4 Å². The van der Waals surface area contributed by atoms with Crippen LogP contribution in [0.3, 0.4) is 0 Å². The normalized spacial score (nSPS) is 11.7. The van der Waals surface area contributed by atoms with Crippen molar-refractivity contribution >= 4 is 11.6 Å². The molecule has 1 aromatic carbocycles. The summed E-state index contributed by atoms with van der Waals surface area (Å²) in [7, 11) is 0. The fourth-order valence-corrected chi connectivity index (χ4v) is 1.28. The highest BCUT2D eigenvalue weighted by atomic mass is 35.5. The lowest BCUT2D eigenvalue weighted by molar-refractivity contribution is -0.325. The van der Waals surface area contributed by atoms with Gasteiger partial charge in [0.15, 0.2) is 17.4 Å². The van der Waals surface area contributed by atoms with Crippen LogP contribution in [0.15, 0.2) is 12.1 Å². The average molecular weight is 291 g/mol. The van der Waals surface area contributed by atoms with Crippen LogP contribution in [-0.2, 0) is 10.6 Å². The van der Waals surface area contributed by atoms with E-state index in [0.29, 0.717) is 0 Å². The van der Waals surface area contributed by atoms with Crippen molar-refractivity contribution in [3.05, 3.63) is 29.3 Å². The summed E-state index contributed by atoms with van der Waals surface area (Å²) in [5.41, 5.74) is 0.200. The van der Waals surface area contributed by atoms with Crippen LogP contribution in [0.2, 0.25) is 0 Å². The highest BCUT2D eigenvalue weighted by molar-refractivity contribution is 6.17. The first-order chi connectivity index (χ1) is 8.33. The zero-order chi connectivity index (χ0) is 13.8. The molecular formula is C10H8ClF5O2. The van der Waals surface area contributed by atoms with Crippen molar-refractivity contribution in [2.75, 3.05) is 13.2 Å². The van der Waals surface area contributed by atoms with E-state index >= 15 is 0 Å². The molecule has 0 atom stereocenters. The lowest BCUT2D eigenvalue weighted by Crippen LogP contribution is -2.18. The van der Waals surface area contributed by atoms with E-state index in [1.165, 1.54) is 0 Å². The molecule has 0 heterocycles. The number of halogens is 6. The Bertz CT molecular complexity index is 385. The summed E-state index contributed by atoms with van der Waals surface area (Å²) in [5, 5.41) is 0. The molecule has 0 N–H and O–H groups in total. The first kappa shape index (κ1) is 15.0. The van der Waals surface area contributed by atoms with Crippen LogP contribution in [0.5, 0.6) is 5.75 Å². The monoisotopic (exact) mass is 290 g/mol. The van der Waals surface area contributed by atoms with Crippen molar-refractivity contribution in [3.8, 4) is 5.75 Å². The Kier molecular flexibility index (Phi) is 5.15. The van der Waals surface area contributed by atoms with Gasteiger partial charge in [0.2, 0.25) is 0 Å². The van der Waals surface area contributed by atoms with Crippen molar-refractivity contribution in [2.45, 2.75) is 12.2 Å². The molecule has 0 spiro atoms. The Hall–Kier alpha value is -1.08. The molecule has 2 nitrogen and oxygen atoms in total. The summed E-state index contributed by atoms with van der Waals surface area (Å²) in [6.07, 6.45) is -4.80. The van der Waals surface area contributed by atoms with E-state index in [2.05, 4.69) is 9.47 Å². The summed E-state index contributed by atoms with van der Waals surface area (Å²) in [4.78, 5) is 0. The van der Waals surface area contributed by atoms with Gasteiger partial charge in [-0.3, -0.25) is 4.74 Å². The minimum Gasteiger partial charge on any atom is -0.485 e. The number of rotatable bonds is 5. The van der Waals surface area contributed by atoms with Crippen molar-refractivity contribution in [1.82, 2.24) is 0 Å². The first-order valence-corrected chi connectivity index (χ1v) is 5.24. The smallest absolute Gasteiger partial charge is 0.485 e. The minimum absolute atomic E-state index is 0.0920. The lowest BCUT2D eigenvalue weighted by atomic mass is 10.2. The molecule has 0 amide bonds. The van der Waals surface area contributed by atoms with Gasteiger partial charge in [-0.15, -0.1) is 24.8 Å². The Morgan fingerprint density at radius 3 is 2.06 bits per heavy atom. The quantitative estimate of drug-likeness (QED) is 0.468. The maximum absolute atomic E-state index is 13.3. The van der Waals surface area contributed by atoms with Gasteiger partial charge in [-0.05, 0) is 17.7 Å². The average Bonchev–Trinajstić information content (AvgIpc) is 2.25. The van der Waals surface area contributed by atoms with Crippen LogP contribution in [0, 0.1) is 11.6 Å². The third-order valence-electron chi connectivity index (χ3n) is 1.81. The SMILES string of the molecule is Fc1cc(CCl)cc(F)c1OCCOC(F)(F)F. The van der Waals surface area contributed by atoms with E-state index in [1.807, 2.05) is 0 Å². The third-order valence-corrected chi connectivity index (χ3v) is 2.12. The lowest BCUT2D eigenvalue weighted by Gasteiger charge is -2.10. The van der Waals surface area contributed by atoms with Crippen molar-refractivity contribution < 1.29 is 31.4 Å². The maximum atomic E-state index is 13.3. The largest absolute Gasteiger partial charge is 0.522 e. The molecule has 0 fully saturated rings. The Balaban J connectivity index is 2.57. The second-order valence-corrected chi connectivity index (χ2v) is 3.43. The number of ether oxygens (including phenoxy) is 2. The molecule has 102 valence electrons. The predicted octanol–water partition coefficient (Wildman–Crippen LogP) is 3.62. The van der Waals surface area contributed by atoms with E-state index in [9.17, 15) is 22.0 Å². The molecule has 0 unspecified atom stereocenters. The van der Waals surface area contributed by atoms with Gasteiger partial charge in [-0.25, -0.2) is 8.78 Å². The fourth-order valence-electron chi connectivity index (χ4n) is 1.13. The van der Waals surface area contributed by atoms with Gasteiger partial charge >= 0.3 is 6.36 Å². The first-order valence-electron chi connectivity index (χ1n) is 4.71. The van der Waals surface area contributed by atoms with Gasteiger partial charge in [0.25, 0.3) is 0 Å². The molecule has 18 heavy (non-hydrogen) atoms. The maximum Gasteiger partial charge on any atom is 0.522 e. The molecule has 0 radical (unpaired) electrons.